The summed E-state index contributed by atoms with van der Waals surface area (Å²) in [5.41, 5.74) is 5.24. The van der Waals surface area contributed by atoms with Gasteiger partial charge in [0.1, 0.15) is 0 Å². The van der Waals surface area contributed by atoms with Gasteiger partial charge < -0.3 is 10.0 Å². The molecule has 0 aromatic heterocycles. The molecule has 5 nitrogen and oxygen atoms in total. The van der Waals surface area contributed by atoms with E-state index in [9.17, 15) is 5.21 Å². The van der Waals surface area contributed by atoms with E-state index in [1.165, 1.54) is 0 Å². The SMILES string of the molecule is [O-][NH+]1OC(c2ccccc2)=C2CCCC3C(c4ccccc4)NOC231. The minimum Gasteiger partial charge on any atom is -0.588 e. The molecule has 1 aliphatic carbocycles. The number of hydrogen-bond acceptors (Lipinski definition) is 4. The number of hydroxylamine groups is 3. The minimum absolute atomic E-state index is 0.000765. The molecule has 1 saturated heterocycles. The number of benzene rings is 2. The van der Waals surface area contributed by atoms with Gasteiger partial charge >= 0.3 is 0 Å². The Morgan fingerprint density at radius 3 is 2.52 bits per heavy atom. The van der Waals surface area contributed by atoms with Crippen molar-refractivity contribution >= 4 is 5.76 Å². The van der Waals surface area contributed by atoms with Crippen LogP contribution in [0.1, 0.15) is 36.4 Å². The van der Waals surface area contributed by atoms with Crippen molar-refractivity contribution in [3.05, 3.63) is 82.6 Å². The fraction of sp³-hybridized carbons (Fsp3) is 0.300. The second-order valence-corrected chi connectivity index (χ2v) is 6.91. The predicted molar refractivity (Wildman–Crippen MR) is 92.3 cm³/mol. The highest BCUT2D eigenvalue weighted by Gasteiger charge is 2.65. The van der Waals surface area contributed by atoms with Gasteiger partial charge in [0, 0.05) is 5.56 Å². The zero-order valence-corrected chi connectivity index (χ0v) is 13.8. The molecular formula is C20H20N2O3. The van der Waals surface area contributed by atoms with Gasteiger partial charge in [-0.2, -0.15) is 5.48 Å². The van der Waals surface area contributed by atoms with Gasteiger partial charge in [0.2, 0.25) is 5.76 Å². The molecule has 4 atom stereocenters. The van der Waals surface area contributed by atoms with E-state index in [0.29, 0.717) is 5.76 Å². The standard InChI is InChI=1S/C20H20N2O3/c23-22-20-16(18(21-25-20)14-8-3-1-4-9-14)12-7-13-17(20)19(24-22)15-10-5-2-6-11-15/h1-6,8-11,16,18,21-22H,7,12-13H2. The number of nitrogens with one attached hydrogen (secondary N) is 2. The van der Waals surface area contributed by atoms with Crippen molar-refractivity contribution in [3.8, 4) is 0 Å². The Morgan fingerprint density at radius 1 is 1.04 bits per heavy atom. The average molecular weight is 336 g/mol. The lowest BCUT2D eigenvalue weighted by Crippen LogP contribution is -3.15. The topological polar surface area (TPSA) is 58.0 Å². The molecule has 1 spiro atoms. The Balaban J connectivity index is 1.60. The lowest BCUT2D eigenvalue weighted by Gasteiger charge is -2.38. The highest BCUT2D eigenvalue weighted by atomic mass is 16.9. The number of hydrogen-bond donors (Lipinski definition) is 2. The normalized spacial score (nSPS) is 33.7. The maximum Gasteiger partial charge on any atom is 0.288 e. The largest absolute Gasteiger partial charge is 0.588 e. The van der Waals surface area contributed by atoms with Crippen molar-refractivity contribution in [1.82, 2.24) is 5.48 Å². The summed E-state index contributed by atoms with van der Waals surface area (Å²) in [6.45, 7) is 0. The Kier molecular flexibility index (Phi) is 3.43. The molecule has 2 fully saturated rings. The highest BCUT2D eigenvalue weighted by molar-refractivity contribution is 5.66. The first-order valence-electron chi connectivity index (χ1n) is 8.80. The van der Waals surface area contributed by atoms with E-state index < -0.39 is 5.72 Å². The molecule has 2 aromatic rings. The molecule has 4 unspecified atom stereocenters. The van der Waals surface area contributed by atoms with Crippen molar-refractivity contribution in [2.24, 2.45) is 5.92 Å². The van der Waals surface area contributed by atoms with E-state index >= 15 is 0 Å². The molecule has 128 valence electrons. The van der Waals surface area contributed by atoms with E-state index in [2.05, 4.69) is 17.6 Å². The summed E-state index contributed by atoms with van der Waals surface area (Å²) in [6, 6.07) is 20.0. The lowest BCUT2D eigenvalue weighted by molar-refractivity contribution is -1.09. The Labute approximate surface area is 146 Å². The first-order chi connectivity index (χ1) is 12.3. The van der Waals surface area contributed by atoms with Gasteiger partial charge in [0.25, 0.3) is 5.72 Å². The quantitative estimate of drug-likeness (QED) is 0.828. The van der Waals surface area contributed by atoms with Crippen LogP contribution in [0.4, 0.5) is 0 Å². The first-order valence-corrected chi connectivity index (χ1v) is 8.80. The van der Waals surface area contributed by atoms with Crippen LogP contribution in [0.5, 0.6) is 0 Å². The van der Waals surface area contributed by atoms with Crippen LogP contribution < -0.4 is 10.7 Å². The molecule has 25 heavy (non-hydrogen) atoms. The van der Waals surface area contributed by atoms with Gasteiger partial charge in [-0.25, -0.2) is 4.84 Å². The highest BCUT2D eigenvalue weighted by Crippen LogP contribution is 2.51. The summed E-state index contributed by atoms with van der Waals surface area (Å²) in [7, 11) is 0. The molecular weight excluding hydrogens is 316 g/mol. The molecule has 2 aliphatic heterocycles. The van der Waals surface area contributed by atoms with Gasteiger partial charge in [-0.3, -0.25) is 0 Å². The monoisotopic (exact) mass is 336 g/mol. The molecule has 2 aromatic carbocycles. The molecule has 0 bridgehead atoms. The molecule has 1 saturated carbocycles. The third-order valence-electron chi connectivity index (χ3n) is 5.63. The van der Waals surface area contributed by atoms with Gasteiger partial charge in [0.15, 0.2) is 0 Å². The zero-order chi connectivity index (χ0) is 16.9. The summed E-state index contributed by atoms with van der Waals surface area (Å²) in [4.78, 5) is 11.8. The molecule has 3 aliphatic rings. The molecule has 2 heterocycles. The average Bonchev–Trinajstić information content (AvgIpc) is 3.21. The Hall–Kier alpha value is -2.18. The van der Waals surface area contributed by atoms with Crippen LogP contribution in [-0.4, -0.2) is 5.72 Å². The first kappa shape index (κ1) is 15.1. The molecule has 0 radical (unpaired) electrons. The van der Waals surface area contributed by atoms with Gasteiger partial charge in [-0.1, -0.05) is 60.7 Å². The van der Waals surface area contributed by atoms with Gasteiger partial charge in [-0.05, 0) is 24.8 Å². The summed E-state index contributed by atoms with van der Waals surface area (Å²) in [5, 5.41) is 12.7. The van der Waals surface area contributed by atoms with E-state index in [4.69, 9.17) is 9.68 Å². The summed E-state index contributed by atoms with van der Waals surface area (Å²) >= 11 is 0. The maximum atomic E-state index is 12.9. The summed E-state index contributed by atoms with van der Waals surface area (Å²) < 4.78 is 0. The third kappa shape index (κ3) is 2.10. The van der Waals surface area contributed by atoms with Crippen LogP contribution in [-0.2, 0) is 9.68 Å². The molecule has 0 amide bonds. The fourth-order valence-corrected chi connectivity index (χ4v) is 4.50. The van der Waals surface area contributed by atoms with Crippen molar-refractivity contribution < 1.29 is 14.9 Å². The van der Waals surface area contributed by atoms with E-state index in [1.54, 1.807) is 0 Å². The van der Waals surface area contributed by atoms with E-state index in [-0.39, 0.29) is 17.2 Å². The van der Waals surface area contributed by atoms with Crippen molar-refractivity contribution in [2.75, 3.05) is 0 Å². The van der Waals surface area contributed by atoms with Crippen molar-refractivity contribution in [1.29, 1.82) is 0 Å². The molecule has 5 rings (SSSR count). The van der Waals surface area contributed by atoms with Crippen molar-refractivity contribution in [3.63, 3.8) is 0 Å². The predicted octanol–water partition coefficient (Wildman–Crippen LogP) is 2.50. The Morgan fingerprint density at radius 2 is 1.76 bits per heavy atom. The van der Waals surface area contributed by atoms with Crippen molar-refractivity contribution in [2.45, 2.75) is 31.0 Å². The minimum atomic E-state index is -0.982. The van der Waals surface area contributed by atoms with Crippen LogP contribution in [0.3, 0.4) is 0 Å². The van der Waals surface area contributed by atoms with Crippen LogP contribution in [0.25, 0.3) is 5.76 Å². The van der Waals surface area contributed by atoms with Crippen LogP contribution in [0, 0.1) is 11.1 Å². The second-order valence-electron chi connectivity index (χ2n) is 6.91. The fourth-order valence-electron chi connectivity index (χ4n) is 4.50. The summed E-state index contributed by atoms with van der Waals surface area (Å²) in [5.74, 6) is 0.734. The lowest BCUT2D eigenvalue weighted by atomic mass is 9.73. The smallest absolute Gasteiger partial charge is 0.288 e. The van der Waals surface area contributed by atoms with E-state index in [1.807, 2.05) is 48.5 Å². The maximum absolute atomic E-state index is 12.9. The molecule has 2 N–H and O–H groups in total. The zero-order valence-electron chi connectivity index (χ0n) is 13.8. The number of quaternary nitrogens is 1. The molecule has 5 heteroatoms. The van der Waals surface area contributed by atoms with E-state index in [0.717, 1.165) is 36.0 Å². The van der Waals surface area contributed by atoms with Crippen LogP contribution in [0.2, 0.25) is 0 Å². The van der Waals surface area contributed by atoms with Crippen LogP contribution >= 0.6 is 0 Å². The third-order valence-corrected chi connectivity index (χ3v) is 5.63. The van der Waals surface area contributed by atoms with Crippen LogP contribution in [0.15, 0.2) is 66.2 Å². The second kappa shape index (κ2) is 5.68. The van der Waals surface area contributed by atoms with Gasteiger partial charge in [-0.15, -0.1) is 5.23 Å². The summed E-state index contributed by atoms with van der Waals surface area (Å²) in [6.07, 6.45) is 2.80. The Bertz CT molecular complexity index is 808. The van der Waals surface area contributed by atoms with Gasteiger partial charge in [0.05, 0.1) is 17.5 Å². The number of rotatable bonds is 2.